The van der Waals surface area contributed by atoms with Gasteiger partial charge < -0.3 is 20.0 Å². The molecule has 1 aromatic heterocycles. The Labute approximate surface area is 132 Å². The van der Waals surface area contributed by atoms with E-state index in [9.17, 15) is 15.2 Å². The summed E-state index contributed by atoms with van der Waals surface area (Å²) >= 11 is 0. The molecule has 0 amide bonds. The minimum absolute atomic E-state index is 0.125. The Hall–Kier alpha value is -2.85. The fourth-order valence-corrected chi connectivity index (χ4v) is 2.91. The average Bonchev–Trinajstić information content (AvgIpc) is 2.97. The Morgan fingerprint density at radius 1 is 1.43 bits per heavy atom. The summed E-state index contributed by atoms with van der Waals surface area (Å²) in [5.41, 5.74) is 0.0264. The molecule has 0 saturated heterocycles. The van der Waals surface area contributed by atoms with Crippen LogP contribution < -0.4 is 4.74 Å². The maximum absolute atomic E-state index is 11.2. The highest BCUT2D eigenvalue weighted by Gasteiger charge is 2.47. The van der Waals surface area contributed by atoms with Gasteiger partial charge in [-0.05, 0) is 43.0 Å². The molecule has 1 aliphatic heterocycles. The van der Waals surface area contributed by atoms with Gasteiger partial charge in [0.15, 0.2) is 6.04 Å². The zero-order valence-electron chi connectivity index (χ0n) is 12.6. The van der Waals surface area contributed by atoms with Crippen molar-refractivity contribution in [2.24, 2.45) is 0 Å². The molecule has 2 atom stereocenters. The predicted octanol–water partition coefficient (Wildman–Crippen LogP) is 2.39. The SMILES string of the molecule is CC1(C)Oc2ccc(C#N)cc2[C@@H](n2cccc2[N+](=O)[O-])[C@@H]1O. The highest BCUT2D eigenvalue weighted by Crippen LogP contribution is 2.43. The topological polar surface area (TPSA) is 101 Å². The zero-order valence-corrected chi connectivity index (χ0v) is 12.6. The third-order valence-electron chi connectivity index (χ3n) is 4.09. The molecule has 0 aliphatic carbocycles. The van der Waals surface area contributed by atoms with Gasteiger partial charge in [0.1, 0.15) is 17.5 Å². The second kappa shape index (κ2) is 5.11. The number of ether oxygens (including phenoxy) is 1. The summed E-state index contributed by atoms with van der Waals surface area (Å²) in [6, 6.07) is 9.13. The summed E-state index contributed by atoms with van der Waals surface area (Å²) in [5.74, 6) is 0.382. The Morgan fingerprint density at radius 2 is 2.17 bits per heavy atom. The van der Waals surface area contributed by atoms with Crippen LogP contribution in [-0.2, 0) is 0 Å². The first-order valence-corrected chi connectivity index (χ1v) is 7.07. The van der Waals surface area contributed by atoms with Crippen LogP contribution in [0.2, 0.25) is 0 Å². The van der Waals surface area contributed by atoms with E-state index in [-0.39, 0.29) is 5.82 Å². The zero-order chi connectivity index (χ0) is 16.8. The van der Waals surface area contributed by atoms with Gasteiger partial charge in [-0.2, -0.15) is 5.26 Å². The third kappa shape index (κ3) is 2.33. The number of fused-ring (bicyclic) bond motifs is 1. The van der Waals surface area contributed by atoms with Crippen LogP contribution in [-0.4, -0.2) is 26.3 Å². The Bertz CT molecular complexity index is 819. The molecule has 0 unspecified atom stereocenters. The molecule has 7 nitrogen and oxygen atoms in total. The van der Waals surface area contributed by atoms with E-state index < -0.39 is 22.7 Å². The first kappa shape index (κ1) is 15.1. The van der Waals surface area contributed by atoms with Crippen molar-refractivity contribution >= 4 is 5.82 Å². The summed E-state index contributed by atoms with van der Waals surface area (Å²) in [4.78, 5) is 10.8. The van der Waals surface area contributed by atoms with Crippen LogP contribution in [0.25, 0.3) is 0 Å². The number of aromatic nitrogens is 1. The lowest BCUT2D eigenvalue weighted by atomic mass is 9.85. The number of rotatable bonds is 2. The lowest BCUT2D eigenvalue weighted by molar-refractivity contribution is -0.392. The van der Waals surface area contributed by atoms with Crippen molar-refractivity contribution in [1.82, 2.24) is 4.57 Å². The molecule has 3 rings (SSSR count). The predicted molar refractivity (Wildman–Crippen MR) is 81.1 cm³/mol. The average molecular weight is 313 g/mol. The van der Waals surface area contributed by atoms with Gasteiger partial charge in [0.2, 0.25) is 0 Å². The van der Waals surface area contributed by atoms with Gasteiger partial charge in [-0.3, -0.25) is 0 Å². The monoisotopic (exact) mass is 313 g/mol. The number of benzene rings is 1. The molecule has 1 aliphatic rings. The molecule has 1 aromatic carbocycles. The van der Waals surface area contributed by atoms with Crippen LogP contribution in [0.15, 0.2) is 36.5 Å². The van der Waals surface area contributed by atoms with Gasteiger partial charge in [0, 0.05) is 11.6 Å². The van der Waals surface area contributed by atoms with E-state index in [2.05, 4.69) is 0 Å². The second-order valence-corrected chi connectivity index (χ2v) is 5.99. The first-order chi connectivity index (χ1) is 10.8. The minimum Gasteiger partial charge on any atom is -0.485 e. The largest absolute Gasteiger partial charge is 0.485 e. The quantitative estimate of drug-likeness (QED) is 0.677. The molecule has 0 spiro atoms. The molecule has 0 bridgehead atoms. The van der Waals surface area contributed by atoms with E-state index in [1.165, 1.54) is 10.6 Å². The number of nitrogens with zero attached hydrogens (tertiary/aromatic N) is 3. The number of aliphatic hydroxyl groups is 1. The highest BCUT2D eigenvalue weighted by molar-refractivity contribution is 5.47. The summed E-state index contributed by atoms with van der Waals surface area (Å²) < 4.78 is 7.23. The van der Waals surface area contributed by atoms with Crippen molar-refractivity contribution in [3.8, 4) is 11.8 Å². The standard InChI is InChI=1S/C16H15N3O4/c1-16(2)15(20)14(18-7-3-4-13(18)19(21)22)11-8-10(9-17)5-6-12(11)23-16/h3-8,14-15,20H,1-2H3/t14-,15+/m1/s1. The van der Waals surface area contributed by atoms with Crippen molar-refractivity contribution in [1.29, 1.82) is 5.26 Å². The van der Waals surface area contributed by atoms with E-state index in [4.69, 9.17) is 10.00 Å². The van der Waals surface area contributed by atoms with E-state index in [0.29, 0.717) is 16.9 Å². The summed E-state index contributed by atoms with van der Waals surface area (Å²) in [6.07, 6.45) is 0.533. The van der Waals surface area contributed by atoms with Gasteiger partial charge in [-0.25, -0.2) is 4.57 Å². The fraction of sp³-hybridized carbons (Fsp3) is 0.312. The molecule has 2 aromatic rings. The van der Waals surface area contributed by atoms with Crippen LogP contribution in [0.4, 0.5) is 5.82 Å². The van der Waals surface area contributed by atoms with Gasteiger partial charge in [-0.15, -0.1) is 0 Å². The van der Waals surface area contributed by atoms with Gasteiger partial charge >= 0.3 is 5.82 Å². The van der Waals surface area contributed by atoms with Crippen molar-refractivity contribution in [3.63, 3.8) is 0 Å². The van der Waals surface area contributed by atoms with Gasteiger partial charge in [0.25, 0.3) is 0 Å². The molecular formula is C16H15N3O4. The maximum atomic E-state index is 11.2. The van der Waals surface area contributed by atoms with Crippen molar-refractivity contribution < 1.29 is 14.8 Å². The summed E-state index contributed by atoms with van der Waals surface area (Å²) in [6.45, 7) is 3.45. The van der Waals surface area contributed by atoms with Crippen molar-refractivity contribution in [3.05, 3.63) is 57.8 Å². The number of hydrogen-bond donors (Lipinski definition) is 1. The van der Waals surface area contributed by atoms with Crippen LogP contribution in [0.3, 0.4) is 0 Å². The van der Waals surface area contributed by atoms with Crippen LogP contribution >= 0.6 is 0 Å². The smallest absolute Gasteiger partial charge is 0.323 e. The number of nitro groups is 1. The normalized spacial score (nSPS) is 21.8. The van der Waals surface area contributed by atoms with Crippen molar-refractivity contribution in [2.75, 3.05) is 0 Å². The Kier molecular flexibility index (Phi) is 3.34. The van der Waals surface area contributed by atoms with E-state index in [1.807, 2.05) is 6.07 Å². The minimum atomic E-state index is -1.02. The number of hydrogen-bond acceptors (Lipinski definition) is 5. The van der Waals surface area contributed by atoms with Crippen LogP contribution in [0.1, 0.15) is 31.0 Å². The van der Waals surface area contributed by atoms with Gasteiger partial charge in [-0.1, -0.05) is 0 Å². The lowest BCUT2D eigenvalue weighted by Gasteiger charge is -2.40. The summed E-state index contributed by atoms with van der Waals surface area (Å²) in [7, 11) is 0. The Morgan fingerprint density at radius 3 is 2.83 bits per heavy atom. The molecular weight excluding hydrogens is 298 g/mol. The molecule has 0 saturated carbocycles. The third-order valence-corrected chi connectivity index (χ3v) is 4.09. The first-order valence-electron chi connectivity index (χ1n) is 7.07. The van der Waals surface area contributed by atoms with Crippen LogP contribution in [0.5, 0.6) is 5.75 Å². The molecule has 118 valence electrons. The van der Waals surface area contributed by atoms with E-state index >= 15 is 0 Å². The van der Waals surface area contributed by atoms with E-state index in [1.54, 1.807) is 44.3 Å². The fourth-order valence-electron chi connectivity index (χ4n) is 2.91. The second-order valence-electron chi connectivity index (χ2n) is 5.99. The molecule has 1 N–H and O–H groups in total. The Balaban J connectivity index is 2.24. The maximum Gasteiger partial charge on any atom is 0.323 e. The lowest BCUT2D eigenvalue weighted by Crippen LogP contribution is -2.50. The molecule has 23 heavy (non-hydrogen) atoms. The molecule has 7 heteroatoms. The van der Waals surface area contributed by atoms with Crippen LogP contribution in [0, 0.1) is 21.4 Å². The van der Waals surface area contributed by atoms with Crippen molar-refractivity contribution in [2.45, 2.75) is 31.6 Å². The number of nitriles is 1. The van der Waals surface area contributed by atoms with Gasteiger partial charge in [0.05, 0.1) is 17.8 Å². The summed E-state index contributed by atoms with van der Waals surface area (Å²) in [5, 5.41) is 31.1. The molecule has 0 radical (unpaired) electrons. The van der Waals surface area contributed by atoms with E-state index in [0.717, 1.165) is 0 Å². The molecule has 0 fully saturated rings. The molecule has 2 heterocycles. The number of aliphatic hydroxyl groups excluding tert-OH is 1. The highest BCUT2D eigenvalue weighted by atomic mass is 16.6.